The third-order valence-corrected chi connectivity index (χ3v) is 5.03. The van der Waals surface area contributed by atoms with Crippen LogP contribution in [0.2, 0.25) is 0 Å². The minimum atomic E-state index is 0.0812. The molecule has 2 aliphatic rings. The molecule has 1 aliphatic heterocycles. The Balaban J connectivity index is 1.36. The summed E-state index contributed by atoms with van der Waals surface area (Å²) in [5.74, 6) is 0.890. The Bertz CT molecular complexity index is 701. The molecule has 2 aromatic rings. The van der Waals surface area contributed by atoms with Gasteiger partial charge in [-0.3, -0.25) is 5.10 Å². The highest BCUT2D eigenvalue weighted by Crippen LogP contribution is 2.22. The molecule has 8 nitrogen and oxygen atoms in total. The largest absolute Gasteiger partial charge is 0.352 e. The molecule has 3 heterocycles. The lowest BCUT2D eigenvalue weighted by molar-refractivity contribution is 0.186. The smallest absolute Gasteiger partial charge is 0.317 e. The topological polar surface area (TPSA) is 90.0 Å². The van der Waals surface area contributed by atoms with E-state index in [1.54, 1.807) is 12.5 Å². The van der Waals surface area contributed by atoms with E-state index in [0.29, 0.717) is 19.1 Å². The molecule has 1 aliphatic carbocycles. The van der Waals surface area contributed by atoms with E-state index in [2.05, 4.69) is 30.4 Å². The van der Waals surface area contributed by atoms with Crippen molar-refractivity contribution >= 4 is 22.9 Å². The van der Waals surface area contributed by atoms with Crippen LogP contribution >= 0.6 is 0 Å². The van der Waals surface area contributed by atoms with Crippen LogP contribution in [0.5, 0.6) is 0 Å². The van der Waals surface area contributed by atoms with Crippen LogP contribution < -0.4 is 10.2 Å². The van der Waals surface area contributed by atoms with E-state index in [1.807, 2.05) is 4.90 Å². The number of amides is 2. The number of aromatic nitrogens is 4. The van der Waals surface area contributed by atoms with Crippen molar-refractivity contribution in [2.24, 2.45) is 0 Å². The Morgan fingerprint density at radius 1 is 1.12 bits per heavy atom. The van der Waals surface area contributed by atoms with Crippen molar-refractivity contribution in [3.05, 3.63) is 12.5 Å². The van der Waals surface area contributed by atoms with E-state index in [4.69, 9.17) is 0 Å². The summed E-state index contributed by atoms with van der Waals surface area (Å²) in [7, 11) is 0. The van der Waals surface area contributed by atoms with Gasteiger partial charge in [0.05, 0.1) is 11.6 Å². The van der Waals surface area contributed by atoms with Crippen molar-refractivity contribution in [1.29, 1.82) is 0 Å². The van der Waals surface area contributed by atoms with Crippen molar-refractivity contribution < 1.29 is 4.79 Å². The first-order chi connectivity index (χ1) is 11.8. The summed E-state index contributed by atoms with van der Waals surface area (Å²) in [5.41, 5.74) is 0.748. The number of carbonyl (C=O) groups is 1. The van der Waals surface area contributed by atoms with Gasteiger partial charge in [-0.1, -0.05) is 19.3 Å². The Kier molecular flexibility index (Phi) is 4.18. The molecule has 4 rings (SSSR count). The molecule has 0 spiro atoms. The summed E-state index contributed by atoms with van der Waals surface area (Å²) in [6, 6.07) is 0.439. The number of piperazine rings is 1. The minimum Gasteiger partial charge on any atom is -0.352 e. The number of hydrogen-bond acceptors (Lipinski definition) is 5. The molecule has 128 valence electrons. The summed E-state index contributed by atoms with van der Waals surface area (Å²) in [4.78, 5) is 25.1. The maximum atomic E-state index is 12.4. The summed E-state index contributed by atoms with van der Waals surface area (Å²) < 4.78 is 0. The molecule has 24 heavy (non-hydrogen) atoms. The summed E-state index contributed by atoms with van der Waals surface area (Å²) in [6.45, 7) is 2.97. The molecule has 0 radical (unpaired) electrons. The van der Waals surface area contributed by atoms with Gasteiger partial charge in [-0.2, -0.15) is 5.10 Å². The average Bonchev–Trinajstić information content (AvgIpc) is 3.11. The van der Waals surface area contributed by atoms with Gasteiger partial charge >= 0.3 is 6.03 Å². The van der Waals surface area contributed by atoms with Crippen molar-refractivity contribution in [2.45, 2.75) is 38.1 Å². The molecule has 2 aromatic heterocycles. The first kappa shape index (κ1) is 15.2. The predicted octanol–water partition coefficient (Wildman–Crippen LogP) is 1.52. The molecule has 2 N–H and O–H groups in total. The molecule has 1 saturated heterocycles. The molecule has 0 bridgehead atoms. The van der Waals surface area contributed by atoms with Gasteiger partial charge in [-0.05, 0) is 12.8 Å². The zero-order valence-corrected chi connectivity index (χ0v) is 13.7. The van der Waals surface area contributed by atoms with Gasteiger partial charge in [0.25, 0.3) is 0 Å². The van der Waals surface area contributed by atoms with Gasteiger partial charge in [0.15, 0.2) is 5.65 Å². The fourth-order valence-electron chi connectivity index (χ4n) is 3.64. The average molecular weight is 329 g/mol. The van der Waals surface area contributed by atoms with E-state index >= 15 is 0 Å². The van der Waals surface area contributed by atoms with Crippen LogP contribution in [0, 0.1) is 0 Å². The highest BCUT2D eigenvalue weighted by molar-refractivity contribution is 5.86. The second-order valence-electron chi connectivity index (χ2n) is 6.59. The van der Waals surface area contributed by atoms with E-state index in [-0.39, 0.29) is 6.03 Å². The van der Waals surface area contributed by atoms with Crippen molar-refractivity contribution in [2.75, 3.05) is 31.1 Å². The predicted molar refractivity (Wildman–Crippen MR) is 90.9 cm³/mol. The second-order valence-corrected chi connectivity index (χ2v) is 6.59. The molecular weight excluding hydrogens is 306 g/mol. The lowest BCUT2D eigenvalue weighted by Crippen LogP contribution is -2.53. The zero-order chi connectivity index (χ0) is 16.4. The fourth-order valence-corrected chi connectivity index (χ4v) is 3.64. The van der Waals surface area contributed by atoms with Gasteiger partial charge in [0, 0.05) is 32.2 Å². The highest BCUT2D eigenvalue weighted by atomic mass is 16.2. The number of carbonyl (C=O) groups excluding carboxylic acids is 1. The van der Waals surface area contributed by atoms with Gasteiger partial charge < -0.3 is 15.1 Å². The number of anilines is 1. The molecule has 8 heteroatoms. The van der Waals surface area contributed by atoms with Crippen LogP contribution in [-0.2, 0) is 0 Å². The standard InChI is InChI=1S/C16H23N7O/c24-16(20-12-4-2-1-3-5-12)23-8-6-22(7-9-23)15-13-10-19-21-14(13)17-11-18-15/h10-12H,1-9H2,(H,20,24)(H,17,18,19,21). The number of fused-ring (bicyclic) bond motifs is 1. The lowest BCUT2D eigenvalue weighted by atomic mass is 9.96. The maximum Gasteiger partial charge on any atom is 0.317 e. The lowest BCUT2D eigenvalue weighted by Gasteiger charge is -2.36. The summed E-state index contributed by atoms with van der Waals surface area (Å²) in [6.07, 6.45) is 9.30. The van der Waals surface area contributed by atoms with Gasteiger partial charge in [-0.15, -0.1) is 0 Å². The Morgan fingerprint density at radius 2 is 1.92 bits per heavy atom. The third kappa shape index (κ3) is 3.00. The number of nitrogens with one attached hydrogen (secondary N) is 2. The zero-order valence-electron chi connectivity index (χ0n) is 13.7. The summed E-state index contributed by atoms with van der Waals surface area (Å²) >= 11 is 0. The van der Waals surface area contributed by atoms with Crippen LogP contribution in [-0.4, -0.2) is 63.3 Å². The maximum absolute atomic E-state index is 12.4. The first-order valence-electron chi connectivity index (χ1n) is 8.76. The Hall–Kier alpha value is -2.38. The number of nitrogens with zero attached hydrogens (tertiary/aromatic N) is 5. The van der Waals surface area contributed by atoms with Crippen molar-refractivity contribution in [1.82, 2.24) is 30.4 Å². The van der Waals surface area contributed by atoms with E-state index in [9.17, 15) is 4.79 Å². The molecule has 0 unspecified atom stereocenters. The van der Waals surface area contributed by atoms with Crippen LogP contribution in [0.3, 0.4) is 0 Å². The van der Waals surface area contributed by atoms with E-state index in [1.165, 1.54) is 19.3 Å². The first-order valence-corrected chi connectivity index (χ1v) is 8.76. The molecule has 0 aromatic carbocycles. The molecule has 2 amide bonds. The van der Waals surface area contributed by atoms with Crippen LogP contribution in [0.1, 0.15) is 32.1 Å². The van der Waals surface area contributed by atoms with Crippen LogP contribution in [0.4, 0.5) is 10.6 Å². The van der Waals surface area contributed by atoms with Crippen LogP contribution in [0.15, 0.2) is 12.5 Å². The molecular formula is C16H23N7O. The van der Waals surface area contributed by atoms with E-state index < -0.39 is 0 Å². The number of aromatic amines is 1. The monoisotopic (exact) mass is 329 g/mol. The van der Waals surface area contributed by atoms with Gasteiger partial charge in [0.1, 0.15) is 12.1 Å². The van der Waals surface area contributed by atoms with Crippen molar-refractivity contribution in [3.8, 4) is 0 Å². The number of rotatable bonds is 2. The summed E-state index contributed by atoms with van der Waals surface area (Å²) in [5, 5.41) is 11.0. The van der Waals surface area contributed by atoms with Crippen LogP contribution in [0.25, 0.3) is 11.0 Å². The SMILES string of the molecule is O=C(NC1CCCCC1)N1CCN(c2ncnc3[nH]ncc23)CC1. The molecule has 0 atom stereocenters. The van der Waals surface area contributed by atoms with Gasteiger partial charge in [-0.25, -0.2) is 14.8 Å². The second kappa shape index (κ2) is 6.62. The third-order valence-electron chi connectivity index (χ3n) is 5.03. The van der Waals surface area contributed by atoms with Gasteiger partial charge in [0.2, 0.25) is 0 Å². The minimum absolute atomic E-state index is 0.0812. The quantitative estimate of drug-likeness (QED) is 0.872. The molecule has 2 fully saturated rings. The Morgan fingerprint density at radius 3 is 2.71 bits per heavy atom. The highest BCUT2D eigenvalue weighted by Gasteiger charge is 2.25. The Labute approximate surface area is 140 Å². The number of H-pyrrole nitrogens is 1. The molecule has 1 saturated carbocycles. The fraction of sp³-hybridized carbons (Fsp3) is 0.625. The normalized spacial score (nSPS) is 19.7. The number of hydrogen-bond donors (Lipinski definition) is 2. The number of urea groups is 1. The van der Waals surface area contributed by atoms with Crippen molar-refractivity contribution in [3.63, 3.8) is 0 Å². The van der Waals surface area contributed by atoms with E-state index in [0.717, 1.165) is 42.8 Å².